The Hall–Kier alpha value is -2.04. The van der Waals surface area contributed by atoms with Crippen molar-refractivity contribution >= 4 is 29.2 Å². The number of aromatic nitrogens is 3. The van der Waals surface area contributed by atoms with Crippen LogP contribution in [0.15, 0.2) is 48.5 Å². The van der Waals surface area contributed by atoms with E-state index in [4.69, 9.17) is 23.2 Å². The fraction of sp³-hybridized carbons (Fsp3) is 0.125. The summed E-state index contributed by atoms with van der Waals surface area (Å²) in [5.41, 5.74) is 1.84. The number of anilines is 1. The molecule has 0 bridgehead atoms. The van der Waals surface area contributed by atoms with E-state index in [1.54, 1.807) is 4.68 Å². The van der Waals surface area contributed by atoms with Crippen LogP contribution in [0.25, 0.3) is 17.1 Å². The molecule has 1 heterocycles. The van der Waals surface area contributed by atoms with Gasteiger partial charge >= 0.3 is 0 Å². The first-order valence-electron chi connectivity index (χ1n) is 6.71. The molecule has 0 aliphatic heterocycles. The Morgan fingerprint density at radius 3 is 1.95 bits per heavy atom. The third kappa shape index (κ3) is 2.93. The SMILES string of the molecule is CN(C)c1nc(-c2ccc(Cl)cc2)n(-c2ccc(Cl)cc2)n1. The molecule has 4 nitrogen and oxygen atoms in total. The Labute approximate surface area is 138 Å². The molecule has 0 saturated heterocycles. The summed E-state index contributed by atoms with van der Waals surface area (Å²) >= 11 is 11.9. The van der Waals surface area contributed by atoms with Gasteiger partial charge in [0, 0.05) is 29.7 Å². The molecule has 6 heteroatoms. The van der Waals surface area contributed by atoms with Crippen molar-refractivity contribution in [3.63, 3.8) is 0 Å². The maximum Gasteiger partial charge on any atom is 0.245 e. The van der Waals surface area contributed by atoms with Crippen molar-refractivity contribution in [3.05, 3.63) is 58.6 Å². The molecule has 112 valence electrons. The predicted molar refractivity (Wildman–Crippen MR) is 91.1 cm³/mol. The molecular formula is C16H14Cl2N4. The van der Waals surface area contributed by atoms with E-state index in [1.807, 2.05) is 67.5 Å². The van der Waals surface area contributed by atoms with Crippen LogP contribution in [0.4, 0.5) is 5.95 Å². The number of hydrogen-bond donors (Lipinski definition) is 0. The van der Waals surface area contributed by atoms with E-state index in [9.17, 15) is 0 Å². The van der Waals surface area contributed by atoms with Crippen molar-refractivity contribution in [2.45, 2.75) is 0 Å². The molecule has 0 N–H and O–H groups in total. The van der Waals surface area contributed by atoms with E-state index in [1.165, 1.54) is 0 Å². The minimum absolute atomic E-state index is 0.639. The summed E-state index contributed by atoms with van der Waals surface area (Å²) in [7, 11) is 3.82. The summed E-state index contributed by atoms with van der Waals surface area (Å²) in [5.74, 6) is 1.39. The lowest BCUT2D eigenvalue weighted by atomic mass is 10.2. The van der Waals surface area contributed by atoms with Crippen LogP contribution in [0.2, 0.25) is 10.0 Å². The van der Waals surface area contributed by atoms with E-state index in [2.05, 4.69) is 10.1 Å². The quantitative estimate of drug-likeness (QED) is 0.716. The molecule has 0 fully saturated rings. The van der Waals surface area contributed by atoms with Crippen LogP contribution in [-0.4, -0.2) is 28.9 Å². The van der Waals surface area contributed by atoms with E-state index in [0.29, 0.717) is 16.0 Å². The van der Waals surface area contributed by atoms with Crippen LogP contribution in [0, 0.1) is 0 Å². The smallest absolute Gasteiger partial charge is 0.245 e. The van der Waals surface area contributed by atoms with Gasteiger partial charge in [-0.2, -0.15) is 4.98 Å². The molecule has 2 aromatic carbocycles. The lowest BCUT2D eigenvalue weighted by molar-refractivity contribution is 0.872. The van der Waals surface area contributed by atoms with Gasteiger partial charge < -0.3 is 4.90 Å². The van der Waals surface area contributed by atoms with Crippen LogP contribution in [0.5, 0.6) is 0 Å². The van der Waals surface area contributed by atoms with Gasteiger partial charge in [-0.25, -0.2) is 4.68 Å². The topological polar surface area (TPSA) is 34.0 Å². The van der Waals surface area contributed by atoms with Gasteiger partial charge in [-0.05, 0) is 48.5 Å². The molecule has 3 rings (SSSR count). The first-order valence-corrected chi connectivity index (χ1v) is 7.46. The molecule has 22 heavy (non-hydrogen) atoms. The Morgan fingerprint density at radius 2 is 1.41 bits per heavy atom. The van der Waals surface area contributed by atoms with E-state index in [-0.39, 0.29) is 0 Å². The predicted octanol–water partition coefficient (Wildman–Crippen LogP) is 4.31. The zero-order valence-corrected chi connectivity index (χ0v) is 13.7. The molecule has 0 amide bonds. The third-order valence-electron chi connectivity index (χ3n) is 3.17. The third-order valence-corrected chi connectivity index (χ3v) is 3.67. The fourth-order valence-corrected chi connectivity index (χ4v) is 2.29. The Morgan fingerprint density at radius 1 is 0.864 bits per heavy atom. The highest BCUT2D eigenvalue weighted by atomic mass is 35.5. The molecule has 0 unspecified atom stereocenters. The zero-order chi connectivity index (χ0) is 15.7. The van der Waals surface area contributed by atoms with Gasteiger partial charge in [0.25, 0.3) is 0 Å². The van der Waals surface area contributed by atoms with Gasteiger partial charge in [0.05, 0.1) is 5.69 Å². The van der Waals surface area contributed by atoms with Gasteiger partial charge in [0.15, 0.2) is 5.82 Å². The molecule has 0 saturated carbocycles. The highest BCUT2D eigenvalue weighted by Gasteiger charge is 2.14. The molecule has 1 aromatic heterocycles. The van der Waals surface area contributed by atoms with Crippen molar-refractivity contribution in [2.24, 2.45) is 0 Å². The molecule has 0 spiro atoms. The molecular weight excluding hydrogens is 319 g/mol. The average molecular weight is 333 g/mol. The summed E-state index contributed by atoms with van der Waals surface area (Å²) in [6.45, 7) is 0. The van der Waals surface area contributed by atoms with Crippen molar-refractivity contribution in [1.82, 2.24) is 14.8 Å². The van der Waals surface area contributed by atoms with Gasteiger partial charge in [-0.15, -0.1) is 5.10 Å². The average Bonchev–Trinajstić information content (AvgIpc) is 2.94. The van der Waals surface area contributed by atoms with Crippen LogP contribution in [0.1, 0.15) is 0 Å². The molecule has 0 aliphatic rings. The maximum absolute atomic E-state index is 5.96. The van der Waals surface area contributed by atoms with Crippen molar-refractivity contribution in [1.29, 1.82) is 0 Å². The van der Waals surface area contributed by atoms with Gasteiger partial charge in [0.1, 0.15) is 0 Å². The number of nitrogens with zero attached hydrogens (tertiary/aromatic N) is 4. The lowest BCUT2D eigenvalue weighted by Crippen LogP contribution is -2.10. The fourth-order valence-electron chi connectivity index (χ4n) is 2.04. The summed E-state index contributed by atoms with van der Waals surface area (Å²) in [4.78, 5) is 6.48. The first-order chi connectivity index (χ1) is 10.5. The summed E-state index contributed by atoms with van der Waals surface area (Å²) in [5, 5.41) is 5.94. The minimum Gasteiger partial charge on any atom is -0.346 e. The molecule has 0 radical (unpaired) electrons. The monoisotopic (exact) mass is 332 g/mol. The summed E-state index contributed by atoms with van der Waals surface area (Å²) in [6.07, 6.45) is 0. The van der Waals surface area contributed by atoms with Gasteiger partial charge in [0.2, 0.25) is 5.95 Å². The lowest BCUT2D eigenvalue weighted by Gasteiger charge is -2.06. The minimum atomic E-state index is 0.639. The standard InChI is InChI=1S/C16H14Cl2N4/c1-21(2)16-19-15(11-3-5-12(17)6-4-11)22(20-16)14-9-7-13(18)8-10-14/h3-10H,1-2H3. The Kier molecular flexibility index (Phi) is 4.05. The van der Waals surface area contributed by atoms with Gasteiger partial charge in [-0.3, -0.25) is 0 Å². The number of halogens is 2. The number of hydrogen-bond acceptors (Lipinski definition) is 3. The van der Waals surface area contributed by atoms with E-state index in [0.717, 1.165) is 17.1 Å². The largest absolute Gasteiger partial charge is 0.346 e. The van der Waals surface area contributed by atoms with Crippen molar-refractivity contribution < 1.29 is 0 Å². The normalized spacial score (nSPS) is 10.7. The maximum atomic E-state index is 5.96. The highest BCUT2D eigenvalue weighted by Crippen LogP contribution is 2.25. The van der Waals surface area contributed by atoms with Crippen LogP contribution >= 0.6 is 23.2 Å². The zero-order valence-electron chi connectivity index (χ0n) is 12.2. The van der Waals surface area contributed by atoms with Crippen molar-refractivity contribution in [2.75, 3.05) is 19.0 Å². The van der Waals surface area contributed by atoms with E-state index >= 15 is 0 Å². The van der Waals surface area contributed by atoms with Crippen LogP contribution in [-0.2, 0) is 0 Å². The summed E-state index contributed by atoms with van der Waals surface area (Å²) < 4.78 is 1.80. The second-order valence-corrected chi connectivity index (χ2v) is 5.90. The van der Waals surface area contributed by atoms with E-state index < -0.39 is 0 Å². The van der Waals surface area contributed by atoms with Gasteiger partial charge in [-0.1, -0.05) is 23.2 Å². The molecule has 0 atom stereocenters. The highest BCUT2D eigenvalue weighted by molar-refractivity contribution is 6.30. The Bertz CT molecular complexity index is 714. The van der Waals surface area contributed by atoms with Crippen LogP contribution < -0.4 is 4.90 Å². The van der Waals surface area contributed by atoms with Crippen LogP contribution in [0.3, 0.4) is 0 Å². The molecule has 0 aliphatic carbocycles. The number of benzene rings is 2. The second-order valence-electron chi connectivity index (χ2n) is 5.02. The molecule has 3 aromatic rings. The van der Waals surface area contributed by atoms with Crippen molar-refractivity contribution in [3.8, 4) is 17.1 Å². The number of rotatable bonds is 3. The Balaban J connectivity index is 2.15. The first kappa shape index (κ1) is 14.9. The second kappa shape index (κ2) is 5.99. The summed E-state index contributed by atoms with van der Waals surface area (Å²) in [6, 6.07) is 15.0.